The Morgan fingerprint density at radius 2 is 2.12 bits per heavy atom. The number of aliphatic hydroxyl groups excluding tert-OH is 1. The molecule has 0 aromatic rings. The number of ether oxygens (including phenoxy) is 3. The van der Waals surface area contributed by atoms with Crippen LogP contribution in [0.5, 0.6) is 0 Å². The maximum Gasteiger partial charge on any atom is 0.157 e. The van der Waals surface area contributed by atoms with Crippen LogP contribution in [0.25, 0.3) is 0 Å². The van der Waals surface area contributed by atoms with E-state index in [0.29, 0.717) is 6.61 Å². The summed E-state index contributed by atoms with van der Waals surface area (Å²) in [5.41, 5.74) is 0. The van der Waals surface area contributed by atoms with Crippen LogP contribution in [0.4, 0.5) is 0 Å². The van der Waals surface area contributed by atoms with Crippen LogP contribution < -0.4 is 0 Å². The van der Waals surface area contributed by atoms with Crippen molar-refractivity contribution >= 4 is 0 Å². The fraction of sp³-hybridized carbons (Fsp3) is 1.00. The van der Waals surface area contributed by atoms with Gasteiger partial charge in [-0.15, -0.1) is 0 Å². The van der Waals surface area contributed by atoms with Gasteiger partial charge >= 0.3 is 0 Å². The molecule has 1 heterocycles. The van der Waals surface area contributed by atoms with E-state index in [-0.39, 0.29) is 24.6 Å². The Labute approximate surface area is 103 Å². The largest absolute Gasteiger partial charge is 0.390 e. The summed E-state index contributed by atoms with van der Waals surface area (Å²) in [5, 5.41) is 9.81. The van der Waals surface area contributed by atoms with Gasteiger partial charge in [0, 0.05) is 19.6 Å². The quantitative estimate of drug-likeness (QED) is 0.820. The average molecular weight is 244 g/mol. The molecule has 0 spiro atoms. The molecular weight excluding hydrogens is 220 g/mol. The van der Waals surface area contributed by atoms with Gasteiger partial charge in [-0.2, -0.15) is 0 Å². The van der Waals surface area contributed by atoms with Crippen LogP contribution in [0.1, 0.15) is 45.4 Å². The van der Waals surface area contributed by atoms with Gasteiger partial charge in [-0.3, -0.25) is 0 Å². The van der Waals surface area contributed by atoms with Crippen molar-refractivity contribution in [1.82, 2.24) is 0 Å². The molecule has 2 fully saturated rings. The van der Waals surface area contributed by atoms with E-state index in [2.05, 4.69) is 0 Å². The van der Waals surface area contributed by atoms with Crippen molar-refractivity contribution in [2.45, 2.75) is 70.1 Å². The van der Waals surface area contributed by atoms with E-state index < -0.39 is 0 Å². The molecule has 1 N–H and O–H groups in total. The summed E-state index contributed by atoms with van der Waals surface area (Å²) in [7, 11) is 0. The molecule has 0 amide bonds. The van der Waals surface area contributed by atoms with E-state index in [0.717, 1.165) is 38.7 Å². The Morgan fingerprint density at radius 3 is 2.82 bits per heavy atom. The lowest BCUT2D eigenvalue weighted by Crippen LogP contribution is -2.41. The number of rotatable bonds is 4. The minimum atomic E-state index is -0.331. The van der Waals surface area contributed by atoms with Crippen LogP contribution in [0, 0.1) is 0 Å². The first-order chi connectivity index (χ1) is 8.29. The van der Waals surface area contributed by atoms with Crippen LogP contribution >= 0.6 is 0 Å². The van der Waals surface area contributed by atoms with Gasteiger partial charge in [0.2, 0.25) is 0 Å². The van der Waals surface area contributed by atoms with Gasteiger partial charge in [-0.05, 0) is 39.0 Å². The van der Waals surface area contributed by atoms with Crippen molar-refractivity contribution in [2.24, 2.45) is 0 Å². The van der Waals surface area contributed by atoms with Crippen molar-refractivity contribution in [3.63, 3.8) is 0 Å². The van der Waals surface area contributed by atoms with E-state index in [9.17, 15) is 5.11 Å². The van der Waals surface area contributed by atoms with E-state index >= 15 is 0 Å². The molecule has 4 heteroatoms. The van der Waals surface area contributed by atoms with E-state index in [4.69, 9.17) is 14.2 Å². The highest BCUT2D eigenvalue weighted by Crippen LogP contribution is 2.27. The standard InChI is InChI=1S/C13H24O4/c1-2-15-12-9-10(6-7-11(12)14)17-13-5-3-4-8-16-13/h10-14H,2-9H2,1H3. The van der Waals surface area contributed by atoms with E-state index in [1.165, 1.54) is 6.42 Å². The van der Waals surface area contributed by atoms with Crippen LogP contribution in [-0.2, 0) is 14.2 Å². The molecule has 1 saturated carbocycles. The van der Waals surface area contributed by atoms with Gasteiger partial charge in [0.05, 0.1) is 18.3 Å². The summed E-state index contributed by atoms with van der Waals surface area (Å²) in [5.74, 6) is 0. The Kier molecular flexibility index (Phi) is 5.22. The summed E-state index contributed by atoms with van der Waals surface area (Å²) in [6.45, 7) is 3.42. The SMILES string of the molecule is CCOC1CC(OC2CCCCO2)CCC1O. The zero-order valence-corrected chi connectivity index (χ0v) is 10.6. The summed E-state index contributed by atoms with van der Waals surface area (Å²) < 4.78 is 17.1. The predicted molar refractivity (Wildman–Crippen MR) is 63.7 cm³/mol. The van der Waals surface area contributed by atoms with Crippen LogP contribution in [-0.4, -0.2) is 42.9 Å². The van der Waals surface area contributed by atoms with Gasteiger partial charge in [-0.25, -0.2) is 0 Å². The molecule has 4 nitrogen and oxygen atoms in total. The molecule has 2 aliphatic rings. The molecule has 4 atom stereocenters. The highest BCUT2D eigenvalue weighted by atomic mass is 16.7. The van der Waals surface area contributed by atoms with Crippen molar-refractivity contribution < 1.29 is 19.3 Å². The molecule has 0 aromatic heterocycles. The molecule has 1 saturated heterocycles. The molecule has 2 rings (SSSR count). The maximum absolute atomic E-state index is 9.81. The van der Waals surface area contributed by atoms with Crippen molar-refractivity contribution in [3.8, 4) is 0 Å². The molecule has 0 radical (unpaired) electrons. The zero-order chi connectivity index (χ0) is 12.1. The summed E-state index contributed by atoms with van der Waals surface area (Å²) in [6.07, 6.45) is 5.54. The fourth-order valence-electron chi connectivity index (χ4n) is 2.63. The van der Waals surface area contributed by atoms with Crippen LogP contribution in [0.2, 0.25) is 0 Å². The fourth-order valence-corrected chi connectivity index (χ4v) is 2.63. The topological polar surface area (TPSA) is 47.9 Å². The molecule has 0 aromatic carbocycles. The molecule has 4 unspecified atom stereocenters. The number of hydrogen-bond donors (Lipinski definition) is 1. The van der Waals surface area contributed by atoms with Crippen LogP contribution in [0.15, 0.2) is 0 Å². The van der Waals surface area contributed by atoms with Gasteiger partial charge in [0.1, 0.15) is 0 Å². The Bertz CT molecular complexity index is 213. The van der Waals surface area contributed by atoms with Gasteiger partial charge < -0.3 is 19.3 Å². The second-order valence-electron chi connectivity index (χ2n) is 4.93. The summed E-state index contributed by atoms with van der Waals surface area (Å²) in [4.78, 5) is 0. The second kappa shape index (κ2) is 6.69. The average Bonchev–Trinajstić information content (AvgIpc) is 2.35. The minimum absolute atomic E-state index is 0.0359. The van der Waals surface area contributed by atoms with E-state index in [1.54, 1.807) is 0 Å². The first-order valence-corrected chi connectivity index (χ1v) is 6.86. The highest BCUT2D eigenvalue weighted by molar-refractivity contribution is 4.81. The first kappa shape index (κ1) is 13.3. The third-order valence-electron chi connectivity index (χ3n) is 3.57. The Balaban J connectivity index is 1.76. The first-order valence-electron chi connectivity index (χ1n) is 6.86. The van der Waals surface area contributed by atoms with Crippen molar-refractivity contribution in [1.29, 1.82) is 0 Å². The normalized spacial score (nSPS) is 39.2. The lowest BCUT2D eigenvalue weighted by molar-refractivity contribution is -0.207. The summed E-state index contributed by atoms with van der Waals surface area (Å²) >= 11 is 0. The number of aliphatic hydroxyl groups is 1. The van der Waals surface area contributed by atoms with Crippen LogP contribution in [0.3, 0.4) is 0 Å². The third kappa shape index (κ3) is 3.91. The Hall–Kier alpha value is -0.160. The molecule has 100 valence electrons. The maximum atomic E-state index is 9.81. The van der Waals surface area contributed by atoms with Crippen molar-refractivity contribution in [3.05, 3.63) is 0 Å². The highest BCUT2D eigenvalue weighted by Gasteiger charge is 2.32. The smallest absolute Gasteiger partial charge is 0.157 e. The van der Waals surface area contributed by atoms with Crippen molar-refractivity contribution in [2.75, 3.05) is 13.2 Å². The molecular formula is C13H24O4. The van der Waals surface area contributed by atoms with Gasteiger partial charge in [0.15, 0.2) is 6.29 Å². The van der Waals surface area contributed by atoms with E-state index in [1.807, 2.05) is 6.92 Å². The lowest BCUT2D eigenvalue weighted by Gasteiger charge is -2.35. The van der Waals surface area contributed by atoms with Gasteiger partial charge in [-0.1, -0.05) is 0 Å². The Morgan fingerprint density at radius 1 is 1.24 bits per heavy atom. The predicted octanol–water partition coefficient (Wildman–Crippen LogP) is 1.85. The molecule has 1 aliphatic carbocycles. The molecule has 1 aliphatic heterocycles. The third-order valence-corrected chi connectivity index (χ3v) is 3.57. The summed E-state index contributed by atoms with van der Waals surface area (Å²) in [6, 6.07) is 0. The minimum Gasteiger partial charge on any atom is -0.390 e. The van der Waals surface area contributed by atoms with Gasteiger partial charge in [0.25, 0.3) is 0 Å². The number of hydrogen-bond acceptors (Lipinski definition) is 4. The second-order valence-corrected chi connectivity index (χ2v) is 4.93. The monoisotopic (exact) mass is 244 g/mol. The zero-order valence-electron chi connectivity index (χ0n) is 10.6. The molecule has 17 heavy (non-hydrogen) atoms. The molecule has 0 bridgehead atoms. The lowest BCUT2D eigenvalue weighted by atomic mass is 9.92.